The molecule has 2 aromatic carbocycles. The summed E-state index contributed by atoms with van der Waals surface area (Å²) in [7, 11) is 0. The number of benzene rings is 2. The standard InChI is InChI=1S/C17H14F3NO3/c18-17(19,20)10-23-14-8-4-2-6-12(14)21-16(22)15-9-11-5-1-3-7-13(11)24-15/h1-8,15H,9-10H2,(H,21,22). The van der Waals surface area contributed by atoms with E-state index in [0.717, 1.165) is 5.56 Å². The van der Waals surface area contributed by atoms with Crippen LogP contribution in [0, 0.1) is 0 Å². The average molecular weight is 337 g/mol. The van der Waals surface area contributed by atoms with Crippen LogP contribution < -0.4 is 14.8 Å². The Morgan fingerprint density at radius 2 is 1.88 bits per heavy atom. The molecule has 4 nitrogen and oxygen atoms in total. The van der Waals surface area contributed by atoms with E-state index in [1.54, 1.807) is 18.2 Å². The Balaban J connectivity index is 1.67. The number of hydrogen-bond donors (Lipinski definition) is 1. The fourth-order valence-corrected chi connectivity index (χ4v) is 2.40. The van der Waals surface area contributed by atoms with Crippen LogP contribution in [-0.2, 0) is 11.2 Å². The molecule has 3 rings (SSSR count). The van der Waals surface area contributed by atoms with E-state index in [2.05, 4.69) is 5.32 Å². The minimum absolute atomic E-state index is 0.0429. The number of nitrogens with one attached hydrogen (secondary N) is 1. The van der Waals surface area contributed by atoms with Crippen molar-refractivity contribution in [3.8, 4) is 11.5 Å². The summed E-state index contributed by atoms with van der Waals surface area (Å²) in [5.74, 6) is 0.159. The molecule has 2 aromatic rings. The van der Waals surface area contributed by atoms with E-state index in [4.69, 9.17) is 9.47 Å². The van der Waals surface area contributed by atoms with Crippen LogP contribution in [0.2, 0.25) is 0 Å². The fraction of sp³-hybridized carbons (Fsp3) is 0.235. The third-order valence-electron chi connectivity index (χ3n) is 3.48. The van der Waals surface area contributed by atoms with E-state index >= 15 is 0 Å². The number of rotatable bonds is 4. The first-order valence-corrected chi connectivity index (χ1v) is 7.26. The molecule has 1 heterocycles. The summed E-state index contributed by atoms with van der Waals surface area (Å²) < 4.78 is 47.2. The van der Waals surface area contributed by atoms with E-state index in [1.807, 2.05) is 12.1 Å². The molecule has 7 heteroatoms. The number of para-hydroxylation sites is 3. The molecule has 0 fully saturated rings. The first kappa shape index (κ1) is 16.2. The van der Waals surface area contributed by atoms with Gasteiger partial charge in [0, 0.05) is 6.42 Å². The normalized spacial score (nSPS) is 16.2. The molecular formula is C17H14F3NO3. The first-order chi connectivity index (χ1) is 11.4. The molecule has 1 unspecified atom stereocenters. The summed E-state index contributed by atoms with van der Waals surface area (Å²) in [6, 6.07) is 13.3. The Kier molecular flexibility index (Phi) is 4.33. The zero-order valence-corrected chi connectivity index (χ0v) is 12.5. The van der Waals surface area contributed by atoms with Gasteiger partial charge in [-0.05, 0) is 23.8 Å². The van der Waals surface area contributed by atoms with Crippen LogP contribution in [-0.4, -0.2) is 24.8 Å². The zero-order chi connectivity index (χ0) is 17.2. The lowest BCUT2D eigenvalue weighted by Crippen LogP contribution is -2.31. The number of alkyl halides is 3. The molecule has 0 radical (unpaired) electrons. The van der Waals surface area contributed by atoms with Gasteiger partial charge in [0.25, 0.3) is 5.91 Å². The highest BCUT2D eigenvalue weighted by atomic mass is 19.4. The van der Waals surface area contributed by atoms with Crippen molar-refractivity contribution in [1.82, 2.24) is 0 Å². The van der Waals surface area contributed by atoms with Crippen molar-refractivity contribution in [2.24, 2.45) is 0 Å². The second-order valence-electron chi connectivity index (χ2n) is 5.31. The van der Waals surface area contributed by atoms with Crippen LogP contribution in [0.25, 0.3) is 0 Å². The summed E-state index contributed by atoms with van der Waals surface area (Å²) in [5.41, 5.74) is 1.09. The molecule has 24 heavy (non-hydrogen) atoms. The number of carbonyl (C=O) groups excluding carboxylic acids is 1. The first-order valence-electron chi connectivity index (χ1n) is 7.26. The second kappa shape index (κ2) is 6.43. The summed E-state index contributed by atoms with van der Waals surface area (Å²) in [6.45, 7) is -1.43. The lowest BCUT2D eigenvalue weighted by atomic mass is 10.1. The Hall–Kier alpha value is -2.70. The topological polar surface area (TPSA) is 47.6 Å². The Morgan fingerprint density at radius 3 is 2.62 bits per heavy atom. The summed E-state index contributed by atoms with van der Waals surface area (Å²) in [4.78, 5) is 12.3. The molecule has 0 aliphatic carbocycles. The highest BCUT2D eigenvalue weighted by Gasteiger charge is 2.31. The molecule has 1 amide bonds. The summed E-state index contributed by atoms with van der Waals surface area (Å²) in [6.07, 6.45) is -4.76. The third kappa shape index (κ3) is 3.79. The molecule has 0 bridgehead atoms. The van der Waals surface area contributed by atoms with Crippen molar-refractivity contribution >= 4 is 11.6 Å². The molecule has 1 aliphatic rings. The van der Waals surface area contributed by atoms with Gasteiger partial charge in [-0.2, -0.15) is 13.2 Å². The molecule has 0 saturated carbocycles. The molecule has 1 aliphatic heterocycles. The maximum Gasteiger partial charge on any atom is 0.422 e. The summed E-state index contributed by atoms with van der Waals surface area (Å²) in [5, 5.41) is 2.57. The lowest BCUT2D eigenvalue weighted by molar-refractivity contribution is -0.153. The van der Waals surface area contributed by atoms with Gasteiger partial charge >= 0.3 is 6.18 Å². The number of amides is 1. The zero-order valence-electron chi connectivity index (χ0n) is 12.5. The van der Waals surface area contributed by atoms with E-state index in [9.17, 15) is 18.0 Å². The quantitative estimate of drug-likeness (QED) is 0.928. The van der Waals surface area contributed by atoms with Gasteiger partial charge in [-0.1, -0.05) is 30.3 Å². The van der Waals surface area contributed by atoms with E-state index in [1.165, 1.54) is 18.2 Å². The largest absolute Gasteiger partial charge is 0.482 e. The highest BCUT2D eigenvalue weighted by Crippen LogP contribution is 2.30. The van der Waals surface area contributed by atoms with Crippen LogP contribution in [0.4, 0.5) is 18.9 Å². The smallest absolute Gasteiger partial charge is 0.422 e. The van der Waals surface area contributed by atoms with Crippen LogP contribution >= 0.6 is 0 Å². The van der Waals surface area contributed by atoms with Crippen LogP contribution in [0.15, 0.2) is 48.5 Å². The summed E-state index contributed by atoms with van der Waals surface area (Å²) >= 11 is 0. The Morgan fingerprint density at radius 1 is 1.17 bits per heavy atom. The van der Waals surface area contributed by atoms with Gasteiger partial charge in [-0.15, -0.1) is 0 Å². The van der Waals surface area contributed by atoms with Gasteiger partial charge in [0.05, 0.1) is 5.69 Å². The molecular weight excluding hydrogens is 323 g/mol. The van der Waals surface area contributed by atoms with Gasteiger partial charge in [-0.25, -0.2) is 0 Å². The van der Waals surface area contributed by atoms with Crippen molar-refractivity contribution in [1.29, 1.82) is 0 Å². The minimum Gasteiger partial charge on any atom is -0.482 e. The minimum atomic E-state index is -4.45. The van der Waals surface area contributed by atoms with Gasteiger partial charge in [-0.3, -0.25) is 4.79 Å². The van der Waals surface area contributed by atoms with Crippen molar-refractivity contribution in [3.05, 3.63) is 54.1 Å². The molecule has 0 aromatic heterocycles. The van der Waals surface area contributed by atoms with Crippen molar-refractivity contribution in [2.75, 3.05) is 11.9 Å². The van der Waals surface area contributed by atoms with E-state index < -0.39 is 24.8 Å². The number of carbonyl (C=O) groups is 1. The number of ether oxygens (including phenoxy) is 2. The number of halogens is 3. The van der Waals surface area contributed by atoms with Gasteiger partial charge in [0.15, 0.2) is 12.7 Å². The van der Waals surface area contributed by atoms with Crippen LogP contribution in [0.5, 0.6) is 11.5 Å². The van der Waals surface area contributed by atoms with Crippen LogP contribution in [0.3, 0.4) is 0 Å². The Bertz CT molecular complexity index is 721. The predicted octanol–water partition coefficient (Wildman–Crippen LogP) is 3.57. The second-order valence-corrected chi connectivity index (χ2v) is 5.31. The number of fused-ring (bicyclic) bond motifs is 1. The SMILES string of the molecule is O=C(Nc1ccccc1OCC(F)(F)F)C1Cc2ccccc2O1. The molecule has 0 spiro atoms. The highest BCUT2D eigenvalue weighted by molar-refractivity contribution is 5.96. The monoisotopic (exact) mass is 337 g/mol. The average Bonchev–Trinajstić information content (AvgIpc) is 2.97. The van der Waals surface area contributed by atoms with E-state index in [-0.39, 0.29) is 11.4 Å². The molecule has 0 saturated heterocycles. The number of anilines is 1. The molecule has 1 N–H and O–H groups in total. The van der Waals surface area contributed by atoms with Gasteiger partial charge in [0.2, 0.25) is 0 Å². The Labute approximate surface area is 136 Å². The maximum absolute atomic E-state index is 12.3. The lowest BCUT2D eigenvalue weighted by Gasteiger charge is -2.15. The van der Waals surface area contributed by atoms with E-state index in [0.29, 0.717) is 12.2 Å². The van der Waals surface area contributed by atoms with Crippen molar-refractivity contribution in [2.45, 2.75) is 18.7 Å². The van der Waals surface area contributed by atoms with Gasteiger partial charge < -0.3 is 14.8 Å². The molecule has 126 valence electrons. The van der Waals surface area contributed by atoms with Gasteiger partial charge in [0.1, 0.15) is 11.5 Å². The third-order valence-corrected chi connectivity index (χ3v) is 3.48. The maximum atomic E-state index is 12.3. The fourth-order valence-electron chi connectivity index (χ4n) is 2.40. The number of hydrogen-bond acceptors (Lipinski definition) is 3. The van der Waals surface area contributed by atoms with Crippen molar-refractivity contribution in [3.63, 3.8) is 0 Å². The molecule has 1 atom stereocenters. The van der Waals surface area contributed by atoms with Crippen molar-refractivity contribution < 1.29 is 27.4 Å². The van der Waals surface area contributed by atoms with Crippen LogP contribution in [0.1, 0.15) is 5.56 Å². The predicted molar refractivity (Wildman–Crippen MR) is 81.2 cm³/mol.